The van der Waals surface area contributed by atoms with Gasteiger partial charge in [0.25, 0.3) is 0 Å². The summed E-state index contributed by atoms with van der Waals surface area (Å²) >= 11 is 3.27. The van der Waals surface area contributed by atoms with E-state index in [-0.39, 0.29) is 43.1 Å². The van der Waals surface area contributed by atoms with Gasteiger partial charge in [-0.05, 0) is 73.9 Å². The number of aryl methyl sites for hydroxylation is 1. The van der Waals surface area contributed by atoms with Crippen LogP contribution in [0.25, 0.3) is 21.7 Å². The summed E-state index contributed by atoms with van der Waals surface area (Å²) in [6, 6.07) is 13.9. The average Bonchev–Trinajstić information content (AvgIpc) is 4.00. The van der Waals surface area contributed by atoms with Crippen molar-refractivity contribution < 1.29 is 29.0 Å². The smallest absolute Gasteiger partial charge is 0.246 e. The third kappa shape index (κ3) is 9.51. The van der Waals surface area contributed by atoms with Gasteiger partial charge in [-0.3, -0.25) is 14.4 Å². The highest BCUT2D eigenvalue weighted by Gasteiger charge is 2.46. The van der Waals surface area contributed by atoms with Crippen LogP contribution in [0.1, 0.15) is 77.1 Å². The summed E-state index contributed by atoms with van der Waals surface area (Å²) in [6.07, 6.45) is 1.91. The molecule has 3 aliphatic heterocycles. The van der Waals surface area contributed by atoms with Gasteiger partial charge in [0, 0.05) is 48.8 Å². The first-order chi connectivity index (χ1) is 27.3. The molecule has 12 nitrogen and oxygen atoms in total. The lowest BCUT2D eigenvalue weighted by Gasteiger charge is -2.37. The minimum atomic E-state index is -0.876. The molecule has 4 atom stereocenters. The van der Waals surface area contributed by atoms with Crippen molar-refractivity contribution in [1.82, 2.24) is 25.5 Å². The van der Waals surface area contributed by atoms with Gasteiger partial charge in [0.1, 0.15) is 17.8 Å². The van der Waals surface area contributed by atoms with E-state index < -0.39 is 23.6 Å². The average molecular weight is 815 g/mol. The van der Waals surface area contributed by atoms with Crippen LogP contribution in [0, 0.1) is 17.8 Å². The quantitative estimate of drug-likeness (QED) is 0.123. The number of carbonyl (C=O) groups excluding carboxylic acids is 3. The Morgan fingerprint density at radius 3 is 2.42 bits per heavy atom. The summed E-state index contributed by atoms with van der Waals surface area (Å²) < 4.78 is 11.4. The van der Waals surface area contributed by atoms with Crippen molar-refractivity contribution >= 4 is 45.5 Å². The van der Waals surface area contributed by atoms with Crippen molar-refractivity contribution in [2.75, 3.05) is 44.4 Å². The molecule has 14 heteroatoms. The lowest BCUT2D eigenvalue weighted by atomic mass is 9.85. The van der Waals surface area contributed by atoms with E-state index in [1.807, 2.05) is 88.7 Å². The van der Waals surface area contributed by atoms with Gasteiger partial charge < -0.3 is 35.0 Å². The zero-order valence-electron chi connectivity index (χ0n) is 33.5. The molecule has 1 spiro atoms. The normalized spacial score (nSPS) is 20.0. The van der Waals surface area contributed by atoms with Crippen LogP contribution in [0.5, 0.6) is 5.75 Å². The maximum atomic E-state index is 14.1. The molecule has 3 amide bonds. The number of hydrogen-bond acceptors (Lipinski definition) is 11. The van der Waals surface area contributed by atoms with Crippen LogP contribution in [-0.4, -0.2) is 95.3 Å². The van der Waals surface area contributed by atoms with Gasteiger partial charge in [0.05, 0.1) is 53.7 Å². The highest BCUT2D eigenvalue weighted by atomic mass is 32.1. The number of hydrogen-bond donors (Lipinski definition) is 3. The van der Waals surface area contributed by atoms with Gasteiger partial charge in [-0.15, -0.1) is 22.7 Å². The first-order valence-electron chi connectivity index (χ1n) is 19.9. The molecule has 3 fully saturated rings. The fraction of sp³-hybridized carbons (Fsp3) is 0.512. The van der Waals surface area contributed by atoms with Crippen LogP contribution in [0.2, 0.25) is 0 Å². The van der Waals surface area contributed by atoms with Gasteiger partial charge in [-0.25, -0.2) is 9.97 Å². The molecule has 5 heterocycles. The Labute approximate surface area is 343 Å². The van der Waals surface area contributed by atoms with E-state index in [1.165, 1.54) is 4.90 Å². The second-order valence-electron chi connectivity index (χ2n) is 16.9. The largest absolute Gasteiger partial charge is 0.494 e. The monoisotopic (exact) mass is 814 g/mol. The van der Waals surface area contributed by atoms with Crippen LogP contribution in [0.4, 0.5) is 5.13 Å². The Morgan fingerprint density at radius 1 is 1.04 bits per heavy atom. The lowest BCUT2D eigenvalue weighted by Crippen LogP contribution is -2.57. The SMILES string of the molecule is Cc1ncsc1-c1ccc([C@H](C)NC(=O)[C@@H]2C[C@@H](O)CN2C(=O)[C@@H](NC(=O)CCCCOc2ccc(-c3csc(N4CCC5(COC5)C4)n3)cc2)C(C)(C)C)cc1. The molecule has 4 aromatic rings. The van der Waals surface area contributed by atoms with Crippen molar-refractivity contribution in [2.45, 2.75) is 91.0 Å². The molecular formula is C43H54N6O6S2. The van der Waals surface area contributed by atoms with Gasteiger partial charge in [0.15, 0.2) is 5.13 Å². The van der Waals surface area contributed by atoms with Crippen molar-refractivity contribution in [3.8, 4) is 27.4 Å². The highest BCUT2D eigenvalue weighted by Crippen LogP contribution is 2.41. The Morgan fingerprint density at radius 2 is 1.77 bits per heavy atom. The summed E-state index contributed by atoms with van der Waals surface area (Å²) in [5.41, 5.74) is 6.48. The number of ether oxygens (including phenoxy) is 2. The predicted octanol–water partition coefficient (Wildman–Crippen LogP) is 6.39. The predicted molar refractivity (Wildman–Crippen MR) is 223 cm³/mol. The van der Waals surface area contributed by atoms with Crippen molar-refractivity contribution in [1.29, 1.82) is 0 Å². The first kappa shape index (κ1) is 40.8. The first-order valence-corrected chi connectivity index (χ1v) is 21.6. The van der Waals surface area contributed by atoms with E-state index in [1.54, 1.807) is 22.7 Å². The summed E-state index contributed by atoms with van der Waals surface area (Å²) in [5, 5.41) is 19.8. The fourth-order valence-corrected chi connectivity index (χ4v) is 9.49. The number of anilines is 1. The zero-order chi connectivity index (χ0) is 40.3. The minimum absolute atomic E-state index is 0.0230. The van der Waals surface area contributed by atoms with Gasteiger partial charge in [-0.2, -0.15) is 0 Å². The number of aliphatic hydroxyl groups excluding tert-OH is 1. The Kier molecular flexibility index (Phi) is 12.3. The standard InChI is InChI=1S/C43H54N6O6S2/c1-27(29-9-11-31(12-10-29)37-28(2)44-26-57-37)45-39(52)35-20-32(50)21-49(35)40(53)38(42(3,4)5)47-36(51)8-6-7-19-55-33-15-13-30(14-16-33)34-22-56-41(46-34)48-18-17-43(23-48)24-54-25-43/h9-16,22,26-27,32,35,38,50H,6-8,17-21,23-25H2,1-5H3,(H,45,52)(H,47,51)/t27-,32+,35-,38+/m0/s1. The second kappa shape index (κ2) is 17.2. The molecule has 3 aliphatic rings. The number of aromatic nitrogens is 2. The third-order valence-electron chi connectivity index (χ3n) is 11.3. The molecule has 7 rings (SSSR count). The molecule has 0 aliphatic carbocycles. The summed E-state index contributed by atoms with van der Waals surface area (Å²) in [6.45, 7) is 13.8. The van der Waals surface area contributed by atoms with Crippen molar-refractivity contribution in [3.63, 3.8) is 0 Å². The maximum absolute atomic E-state index is 14.1. The summed E-state index contributed by atoms with van der Waals surface area (Å²) in [5.74, 6) is -0.203. The molecule has 3 N–H and O–H groups in total. The number of thiazole rings is 2. The number of β-amino-alcohol motifs (C(OH)–C–C–N with tert-alkyl or cyclic N) is 1. The number of nitrogens with one attached hydrogen (secondary N) is 2. The molecule has 0 bridgehead atoms. The van der Waals surface area contributed by atoms with Crippen LogP contribution in [-0.2, 0) is 19.1 Å². The van der Waals surface area contributed by atoms with Crippen LogP contribution >= 0.6 is 22.7 Å². The summed E-state index contributed by atoms with van der Waals surface area (Å²) in [7, 11) is 0. The number of likely N-dealkylation sites (tertiary alicyclic amines) is 1. The van der Waals surface area contributed by atoms with E-state index in [9.17, 15) is 19.5 Å². The number of rotatable bonds is 14. The van der Waals surface area contributed by atoms with Crippen LogP contribution in [0.15, 0.2) is 59.4 Å². The van der Waals surface area contributed by atoms with Crippen LogP contribution in [0.3, 0.4) is 0 Å². The fourth-order valence-electron chi connectivity index (χ4n) is 7.82. The Hall–Kier alpha value is -4.37. The molecule has 304 valence electrons. The molecule has 57 heavy (non-hydrogen) atoms. The number of nitrogens with zero attached hydrogens (tertiary/aromatic N) is 4. The molecule has 0 unspecified atom stereocenters. The minimum Gasteiger partial charge on any atom is -0.494 e. The Balaban J connectivity index is 0.862. The van der Waals surface area contributed by atoms with E-state index in [2.05, 4.69) is 25.9 Å². The zero-order valence-corrected chi connectivity index (χ0v) is 35.1. The number of carbonyl (C=O) groups is 3. The van der Waals surface area contributed by atoms with E-state index in [0.29, 0.717) is 24.9 Å². The lowest BCUT2D eigenvalue weighted by molar-refractivity contribution is -0.144. The molecule has 0 saturated carbocycles. The molecule has 0 radical (unpaired) electrons. The molecule has 2 aromatic heterocycles. The molecule has 3 saturated heterocycles. The van der Waals surface area contributed by atoms with Crippen LogP contribution < -0.4 is 20.3 Å². The third-order valence-corrected chi connectivity index (χ3v) is 13.2. The number of benzene rings is 2. The summed E-state index contributed by atoms with van der Waals surface area (Å²) in [4.78, 5) is 55.0. The number of unbranched alkanes of at least 4 members (excludes halogenated alkanes) is 1. The van der Waals surface area contributed by atoms with E-state index >= 15 is 0 Å². The topological polar surface area (TPSA) is 146 Å². The van der Waals surface area contributed by atoms with Crippen molar-refractivity contribution in [3.05, 3.63) is 70.7 Å². The second-order valence-corrected chi connectivity index (χ2v) is 18.6. The number of aliphatic hydroxyl groups is 1. The van der Waals surface area contributed by atoms with Gasteiger partial charge >= 0.3 is 0 Å². The molecule has 2 aromatic carbocycles. The van der Waals surface area contributed by atoms with Crippen molar-refractivity contribution in [2.24, 2.45) is 10.8 Å². The number of amides is 3. The molecular weight excluding hydrogens is 761 g/mol. The van der Waals surface area contributed by atoms with Gasteiger partial charge in [0.2, 0.25) is 17.7 Å². The van der Waals surface area contributed by atoms with Gasteiger partial charge in [-0.1, -0.05) is 45.0 Å². The highest BCUT2D eigenvalue weighted by molar-refractivity contribution is 7.14. The maximum Gasteiger partial charge on any atom is 0.246 e. The Bertz CT molecular complexity index is 2020. The van der Waals surface area contributed by atoms with E-state index in [0.717, 1.165) is 76.6 Å². The van der Waals surface area contributed by atoms with E-state index in [4.69, 9.17) is 14.5 Å².